The summed E-state index contributed by atoms with van der Waals surface area (Å²) in [6.45, 7) is 7.02. The second-order valence-corrected chi connectivity index (χ2v) is 7.72. The van der Waals surface area contributed by atoms with Crippen LogP contribution in [0.25, 0.3) is 0 Å². The van der Waals surface area contributed by atoms with Crippen molar-refractivity contribution >= 4 is 0 Å². The fourth-order valence-electron chi connectivity index (χ4n) is 4.11. The van der Waals surface area contributed by atoms with Gasteiger partial charge in [0.15, 0.2) is 0 Å². The Hall–Kier alpha value is -0.0800. The van der Waals surface area contributed by atoms with Gasteiger partial charge in [-0.2, -0.15) is 0 Å². The zero-order chi connectivity index (χ0) is 14.4. The number of nitrogens with one attached hydrogen (secondary N) is 1. The maximum Gasteiger partial charge on any atom is 0.00674 e. The van der Waals surface area contributed by atoms with E-state index in [2.05, 4.69) is 31.1 Å². The van der Waals surface area contributed by atoms with E-state index in [0.29, 0.717) is 6.04 Å². The summed E-state index contributed by atoms with van der Waals surface area (Å²) in [5, 5.41) is 3.81. The Morgan fingerprint density at radius 1 is 1.05 bits per heavy atom. The van der Waals surface area contributed by atoms with Crippen molar-refractivity contribution in [2.45, 2.75) is 90.1 Å². The van der Waals surface area contributed by atoms with Crippen LogP contribution >= 0.6 is 0 Å². The summed E-state index contributed by atoms with van der Waals surface area (Å²) in [4.78, 5) is 2.45. The summed E-state index contributed by atoms with van der Waals surface area (Å²) in [6.07, 6.45) is 14.6. The molecule has 118 valence electrons. The van der Waals surface area contributed by atoms with E-state index in [1.165, 1.54) is 77.3 Å². The van der Waals surface area contributed by atoms with Gasteiger partial charge in [0.25, 0.3) is 0 Å². The van der Waals surface area contributed by atoms with Crippen molar-refractivity contribution in [1.82, 2.24) is 10.2 Å². The van der Waals surface area contributed by atoms with E-state index < -0.39 is 0 Å². The van der Waals surface area contributed by atoms with Crippen molar-refractivity contribution < 1.29 is 0 Å². The minimum Gasteiger partial charge on any atom is -0.314 e. The lowest BCUT2D eigenvalue weighted by Gasteiger charge is -2.37. The third kappa shape index (κ3) is 4.73. The highest BCUT2D eigenvalue weighted by atomic mass is 15.1. The predicted molar refractivity (Wildman–Crippen MR) is 88.2 cm³/mol. The van der Waals surface area contributed by atoms with Crippen LogP contribution in [-0.2, 0) is 0 Å². The summed E-state index contributed by atoms with van der Waals surface area (Å²) < 4.78 is 0. The first-order valence-corrected chi connectivity index (χ1v) is 9.05. The Bertz CT molecular complexity index is 259. The number of rotatable bonds is 7. The maximum atomic E-state index is 3.81. The minimum atomic E-state index is 0.684. The molecule has 2 aliphatic carbocycles. The van der Waals surface area contributed by atoms with Gasteiger partial charge in [0, 0.05) is 12.1 Å². The van der Waals surface area contributed by atoms with Gasteiger partial charge in [0.1, 0.15) is 0 Å². The molecule has 0 amide bonds. The van der Waals surface area contributed by atoms with Crippen molar-refractivity contribution in [2.75, 3.05) is 20.1 Å². The second kappa shape index (κ2) is 7.79. The lowest BCUT2D eigenvalue weighted by atomic mass is 9.71. The summed E-state index contributed by atoms with van der Waals surface area (Å²) in [5.41, 5.74) is 0.790. The molecule has 0 unspecified atom stereocenters. The van der Waals surface area contributed by atoms with Gasteiger partial charge in [-0.05, 0) is 90.8 Å². The predicted octanol–water partition coefficient (Wildman–Crippen LogP) is 4.20. The molecule has 0 radical (unpaired) electrons. The third-order valence-electron chi connectivity index (χ3n) is 5.96. The largest absolute Gasteiger partial charge is 0.314 e. The molecule has 0 bridgehead atoms. The van der Waals surface area contributed by atoms with E-state index >= 15 is 0 Å². The fourth-order valence-corrected chi connectivity index (χ4v) is 4.11. The van der Waals surface area contributed by atoms with Gasteiger partial charge in [0.2, 0.25) is 0 Å². The van der Waals surface area contributed by atoms with Crippen LogP contribution in [0.3, 0.4) is 0 Å². The molecule has 20 heavy (non-hydrogen) atoms. The molecule has 0 aromatic carbocycles. The molecule has 2 saturated carbocycles. The number of hydrogen-bond acceptors (Lipinski definition) is 2. The molecule has 2 nitrogen and oxygen atoms in total. The molecule has 2 rings (SSSR count). The van der Waals surface area contributed by atoms with Gasteiger partial charge in [-0.1, -0.05) is 12.8 Å². The molecule has 0 heterocycles. The van der Waals surface area contributed by atoms with Crippen molar-refractivity contribution in [3.63, 3.8) is 0 Å². The maximum absolute atomic E-state index is 3.81. The Morgan fingerprint density at radius 2 is 1.70 bits per heavy atom. The monoisotopic (exact) mass is 280 g/mol. The topological polar surface area (TPSA) is 15.3 Å². The zero-order valence-electron chi connectivity index (χ0n) is 14.1. The highest BCUT2D eigenvalue weighted by molar-refractivity contribution is 4.91. The van der Waals surface area contributed by atoms with Crippen LogP contribution in [0.1, 0.15) is 78.1 Å². The lowest BCUT2D eigenvalue weighted by Crippen LogP contribution is -2.37. The van der Waals surface area contributed by atoms with Gasteiger partial charge >= 0.3 is 0 Å². The van der Waals surface area contributed by atoms with Crippen LogP contribution in [0.15, 0.2) is 0 Å². The minimum absolute atomic E-state index is 0.684. The molecule has 2 aliphatic rings. The standard InChI is InChI=1S/C18H36N2/c1-16(2)20(3)15-7-6-14-19-17-8-12-18(13-9-17)10-4-5-11-18/h16-17,19H,4-15H2,1-3H3. The van der Waals surface area contributed by atoms with E-state index in [0.717, 1.165) is 11.5 Å². The van der Waals surface area contributed by atoms with Crippen molar-refractivity contribution in [3.05, 3.63) is 0 Å². The van der Waals surface area contributed by atoms with Gasteiger partial charge < -0.3 is 10.2 Å². The zero-order valence-corrected chi connectivity index (χ0v) is 14.1. The molecule has 2 fully saturated rings. The van der Waals surface area contributed by atoms with Crippen LogP contribution in [0.5, 0.6) is 0 Å². The number of hydrogen-bond donors (Lipinski definition) is 1. The Balaban J connectivity index is 1.51. The van der Waals surface area contributed by atoms with Crippen molar-refractivity contribution in [1.29, 1.82) is 0 Å². The smallest absolute Gasteiger partial charge is 0.00674 e. The SMILES string of the molecule is CC(C)N(C)CCCCNC1CCC2(CCCC2)CC1. The van der Waals surface area contributed by atoms with Crippen LogP contribution in [-0.4, -0.2) is 37.1 Å². The summed E-state index contributed by atoms with van der Waals surface area (Å²) in [5.74, 6) is 0. The van der Waals surface area contributed by atoms with E-state index in [4.69, 9.17) is 0 Å². The van der Waals surface area contributed by atoms with E-state index in [1.807, 2.05) is 0 Å². The number of nitrogens with zero attached hydrogens (tertiary/aromatic N) is 1. The average Bonchev–Trinajstić information content (AvgIpc) is 2.89. The van der Waals surface area contributed by atoms with Crippen molar-refractivity contribution in [2.24, 2.45) is 5.41 Å². The third-order valence-corrected chi connectivity index (χ3v) is 5.96. The molecule has 0 aliphatic heterocycles. The second-order valence-electron chi connectivity index (χ2n) is 7.72. The van der Waals surface area contributed by atoms with E-state index in [1.54, 1.807) is 0 Å². The lowest BCUT2D eigenvalue weighted by molar-refractivity contribution is 0.168. The molecular weight excluding hydrogens is 244 g/mol. The van der Waals surface area contributed by atoms with Crippen LogP contribution < -0.4 is 5.32 Å². The first-order valence-electron chi connectivity index (χ1n) is 9.05. The average molecular weight is 280 g/mol. The molecule has 1 N–H and O–H groups in total. The van der Waals surface area contributed by atoms with Crippen LogP contribution in [0.4, 0.5) is 0 Å². The Morgan fingerprint density at radius 3 is 2.30 bits per heavy atom. The molecule has 0 saturated heterocycles. The summed E-state index contributed by atoms with van der Waals surface area (Å²) in [7, 11) is 2.24. The van der Waals surface area contributed by atoms with Gasteiger partial charge in [0.05, 0.1) is 0 Å². The van der Waals surface area contributed by atoms with Crippen molar-refractivity contribution in [3.8, 4) is 0 Å². The van der Waals surface area contributed by atoms with Gasteiger partial charge in [-0.15, -0.1) is 0 Å². The quantitative estimate of drug-likeness (QED) is 0.703. The number of unbranched alkanes of at least 4 members (excludes halogenated alkanes) is 1. The fraction of sp³-hybridized carbons (Fsp3) is 1.00. The molecule has 0 aromatic rings. The highest BCUT2D eigenvalue weighted by Gasteiger charge is 2.37. The molecule has 2 heteroatoms. The first-order chi connectivity index (χ1) is 9.61. The van der Waals surface area contributed by atoms with Crippen LogP contribution in [0, 0.1) is 5.41 Å². The molecular formula is C18H36N2. The van der Waals surface area contributed by atoms with Crippen LogP contribution in [0.2, 0.25) is 0 Å². The van der Waals surface area contributed by atoms with E-state index in [9.17, 15) is 0 Å². The normalized spacial score (nSPS) is 23.2. The Kier molecular flexibility index (Phi) is 6.35. The molecule has 1 spiro atoms. The highest BCUT2D eigenvalue weighted by Crippen LogP contribution is 2.48. The summed E-state index contributed by atoms with van der Waals surface area (Å²) >= 11 is 0. The first kappa shape index (κ1) is 16.3. The summed E-state index contributed by atoms with van der Waals surface area (Å²) in [6, 6.07) is 1.51. The van der Waals surface area contributed by atoms with Gasteiger partial charge in [-0.3, -0.25) is 0 Å². The van der Waals surface area contributed by atoms with Gasteiger partial charge in [-0.25, -0.2) is 0 Å². The molecule has 0 aromatic heterocycles. The Labute approximate surface area is 126 Å². The molecule has 0 atom stereocenters. The van der Waals surface area contributed by atoms with E-state index in [-0.39, 0.29) is 0 Å².